The van der Waals surface area contributed by atoms with Crippen molar-refractivity contribution in [2.45, 2.75) is 57.0 Å². The molecule has 5 rings (SSSR count). The van der Waals surface area contributed by atoms with Crippen LogP contribution in [-0.4, -0.2) is 78.0 Å². The second kappa shape index (κ2) is 10.9. The van der Waals surface area contributed by atoms with Crippen LogP contribution < -0.4 is 10.2 Å². The van der Waals surface area contributed by atoms with Crippen molar-refractivity contribution >= 4 is 29.9 Å². The lowest BCUT2D eigenvalue weighted by molar-refractivity contribution is -0.128. The van der Waals surface area contributed by atoms with E-state index in [1.807, 2.05) is 18.7 Å². The summed E-state index contributed by atoms with van der Waals surface area (Å²) in [6.45, 7) is 9.28. The van der Waals surface area contributed by atoms with Gasteiger partial charge in [0.1, 0.15) is 0 Å². The van der Waals surface area contributed by atoms with E-state index in [4.69, 9.17) is 0 Å². The van der Waals surface area contributed by atoms with E-state index in [2.05, 4.69) is 22.1 Å². The van der Waals surface area contributed by atoms with Crippen LogP contribution in [0.3, 0.4) is 0 Å². The van der Waals surface area contributed by atoms with Crippen LogP contribution in [0.1, 0.15) is 50.4 Å². The van der Waals surface area contributed by atoms with Crippen molar-refractivity contribution in [3.05, 3.63) is 59.4 Å². The number of carbonyl (C=O) groups excluding carboxylic acids is 2. The summed E-state index contributed by atoms with van der Waals surface area (Å²) >= 11 is 0. The van der Waals surface area contributed by atoms with Gasteiger partial charge in [-0.15, -0.1) is 12.4 Å². The number of piperazine rings is 1. The van der Waals surface area contributed by atoms with E-state index < -0.39 is 11.3 Å². The molecule has 2 aromatic rings. The van der Waals surface area contributed by atoms with E-state index in [9.17, 15) is 9.59 Å². The molecule has 2 amide bonds. The van der Waals surface area contributed by atoms with Crippen molar-refractivity contribution in [1.29, 1.82) is 0 Å². The molecule has 1 N–H and O–H groups in total. The second-order valence-electron chi connectivity index (χ2n) is 11.2. The summed E-state index contributed by atoms with van der Waals surface area (Å²) in [5, 5.41) is 3.46. The van der Waals surface area contributed by atoms with Crippen LogP contribution in [0, 0.1) is 0 Å². The van der Waals surface area contributed by atoms with Gasteiger partial charge in [-0.3, -0.25) is 19.5 Å². The Morgan fingerprint density at radius 2 is 1.95 bits per heavy atom. The highest BCUT2D eigenvalue weighted by atomic mass is 35.5. The average Bonchev–Trinajstić information content (AvgIpc) is 3.40. The number of benzene rings is 1. The van der Waals surface area contributed by atoms with Crippen LogP contribution in [-0.2, 0) is 20.9 Å². The SMILES string of the molecule is C[C@@H]1CN(CC(=O)N2CC(C)(C)c3ncc(C(F)(F)c4ccccc4)cc32)[C@@H](CN2CCCC2=O)CN1.Cl. The molecule has 0 aliphatic carbocycles. The minimum atomic E-state index is -3.23. The quantitative estimate of drug-likeness (QED) is 0.599. The zero-order valence-corrected chi connectivity index (χ0v) is 22.9. The predicted molar refractivity (Wildman–Crippen MR) is 145 cm³/mol. The lowest BCUT2D eigenvalue weighted by atomic mass is 9.90. The van der Waals surface area contributed by atoms with Gasteiger partial charge in [-0.2, -0.15) is 8.78 Å². The molecule has 0 radical (unpaired) electrons. The van der Waals surface area contributed by atoms with Gasteiger partial charge >= 0.3 is 0 Å². The number of hydrogen-bond donors (Lipinski definition) is 1. The number of nitrogens with one attached hydrogen (secondary N) is 1. The molecular formula is C28H36ClF2N5O2. The molecule has 0 saturated carbocycles. The lowest BCUT2D eigenvalue weighted by Crippen LogP contribution is -2.60. The molecule has 0 unspecified atom stereocenters. The lowest BCUT2D eigenvalue weighted by Gasteiger charge is -2.41. The second-order valence-corrected chi connectivity index (χ2v) is 11.2. The first-order valence-corrected chi connectivity index (χ1v) is 13.1. The number of aromatic nitrogens is 1. The van der Waals surface area contributed by atoms with E-state index in [0.717, 1.165) is 13.0 Å². The third-order valence-corrected chi connectivity index (χ3v) is 7.82. The number of halogens is 3. The summed E-state index contributed by atoms with van der Waals surface area (Å²) in [6.07, 6.45) is 2.69. The van der Waals surface area contributed by atoms with Crippen LogP contribution in [0.4, 0.5) is 14.5 Å². The van der Waals surface area contributed by atoms with Gasteiger partial charge in [0.05, 0.1) is 17.9 Å². The monoisotopic (exact) mass is 547 g/mol. The molecule has 2 fully saturated rings. The fourth-order valence-electron chi connectivity index (χ4n) is 5.76. The molecule has 1 aromatic carbocycles. The van der Waals surface area contributed by atoms with Crippen LogP contribution in [0.5, 0.6) is 0 Å². The number of pyridine rings is 1. The summed E-state index contributed by atoms with van der Waals surface area (Å²) in [4.78, 5) is 36.0. The largest absolute Gasteiger partial charge is 0.341 e. The summed E-state index contributed by atoms with van der Waals surface area (Å²) in [6, 6.07) is 9.33. The van der Waals surface area contributed by atoms with Crippen molar-refractivity contribution in [1.82, 2.24) is 20.1 Å². The zero-order valence-electron chi connectivity index (χ0n) is 22.1. The predicted octanol–water partition coefficient (Wildman–Crippen LogP) is 3.55. The van der Waals surface area contributed by atoms with E-state index in [1.165, 1.54) is 24.4 Å². The number of likely N-dealkylation sites (tertiary alicyclic amines) is 1. The van der Waals surface area contributed by atoms with E-state index in [-0.39, 0.29) is 54.0 Å². The van der Waals surface area contributed by atoms with Gasteiger partial charge in [-0.05, 0) is 19.4 Å². The molecule has 10 heteroatoms. The number of rotatable bonds is 6. The Morgan fingerprint density at radius 3 is 2.63 bits per heavy atom. The van der Waals surface area contributed by atoms with E-state index >= 15 is 8.78 Å². The third-order valence-electron chi connectivity index (χ3n) is 7.82. The third kappa shape index (κ3) is 5.42. The van der Waals surface area contributed by atoms with Gasteiger partial charge in [0, 0.05) is 74.0 Å². The molecular weight excluding hydrogens is 512 g/mol. The first-order valence-electron chi connectivity index (χ1n) is 13.1. The van der Waals surface area contributed by atoms with Gasteiger partial charge in [-0.25, -0.2) is 0 Å². The first kappa shape index (κ1) is 28.4. The molecule has 7 nitrogen and oxygen atoms in total. The van der Waals surface area contributed by atoms with Crippen molar-refractivity contribution < 1.29 is 18.4 Å². The van der Waals surface area contributed by atoms with Gasteiger partial charge in [-0.1, -0.05) is 44.2 Å². The Morgan fingerprint density at radius 1 is 1.21 bits per heavy atom. The Balaban J connectivity index is 0.00000336. The number of nitrogens with zero attached hydrogens (tertiary/aromatic N) is 4. The van der Waals surface area contributed by atoms with Gasteiger partial charge < -0.3 is 15.1 Å². The smallest absolute Gasteiger partial charge is 0.300 e. The fraction of sp³-hybridized carbons (Fsp3) is 0.536. The number of carbonyl (C=O) groups is 2. The van der Waals surface area contributed by atoms with Crippen LogP contribution in [0.15, 0.2) is 42.6 Å². The maximum atomic E-state index is 15.4. The maximum Gasteiger partial charge on any atom is 0.300 e. The minimum Gasteiger partial charge on any atom is -0.341 e. The van der Waals surface area contributed by atoms with E-state index in [0.29, 0.717) is 44.0 Å². The van der Waals surface area contributed by atoms with Crippen molar-refractivity contribution in [3.63, 3.8) is 0 Å². The molecule has 0 bridgehead atoms. The molecule has 4 heterocycles. The Bertz CT molecular complexity index is 1180. The highest BCUT2D eigenvalue weighted by Crippen LogP contribution is 2.43. The summed E-state index contributed by atoms with van der Waals surface area (Å²) in [7, 11) is 0. The van der Waals surface area contributed by atoms with Gasteiger partial charge in [0.2, 0.25) is 11.8 Å². The van der Waals surface area contributed by atoms with Gasteiger partial charge in [0.25, 0.3) is 5.92 Å². The molecule has 206 valence electrons. The molecule has 2 atom stereocenters. The Hall–Kier alpha value is -2.62. The average molecular weight is 548 g/mol. The molecule has 38 heavy (non-hydrogen) atoms. The highest BCUT2D eigenvalue weighted by molar-refractivity contribution is 5.97. The Kier molecular flexibility index (Phi) is 8.12. The number of fused-ring (bicyclic) bond motifs is 1. The van der Waals surface area contributed by atoms with Crippen molar-refractivity contribution in [2.24, 2.45) is 0 Å². The zero-order chi connectivity index (χ0) is 26.4. The van der Waals surface area contributed by atoms with Crippen LogP contribution in [0.25, 0.3) is 0 Å². The summed E-state index contributed by atoms with van der Waals surface area (Å²) in [5.74, 6) is -3.20. The van der Waals surface area contributed by atoms with Crippen molar-refractivity contribution in [2.75, 3.05) is 44.2 Å². The van der Waals surface area contributed by atoms with Crippen molar-refractivity contribution in [3.8, 4) is 0 Å². The number of anilines is 1. The van der Waals surface area contributed by atoms with Crippen LogP contribution in [0.2, 0.25) is 0 Å². The maximum absolute atomic E-state index is 15.4. The number of hydrogen-bond acceptors (Lipinski definition) is 5. The highest BCUT2D eigenvalue weighted by Gasteiger charge is 2.43. The Labute approximate surface area is 229 Å². The fourth-order valence-corrected chi connectivity index (χ4v) is 5.76. The molecule has 2 saturated heterocycles. The van der Waals surface area contributed by atoms with Crippen LogP contribution >= 0.6 is 12.4 Å². The summed E-state index contributed by atoms with van der Waals surface area (Å²) < 4.78 is 30.8. The number of amides is 2. The molecule has 1 aromatic heterocycles. The molecule has 3 aliphatic rings. The minimum absolute atomic E-state index is 0. The van der Waals surface area contributed by atoms with Gasteiger partial charge in [0.15, 0.2) is 0 Å². The normalized spacial score (nSPS) is 23.3. The first-order chi connectivity index (χ1) is 17.6. The number of alkyl halides is 2. The summed E-state index contributed by atoms with van der Waals surface area (Å²) in [5.41, 5.74) is 0.318. The van der Waals surface area contributed by atoms with E-state index in [1.54, 1.807) is 23.1 Å². The molecule has 3 aliphatic heterocycles. The molecule has 0 spiro atoms. The topological polar surface area (TPSA) is 68.8 Å². The standard InChI is InChI=1S/C28H35F2N5O2.ClH/c1-19-15-34(22(14-31-19)16-33-11-7-10-24(33)36)17-25(37)35-18-27(2,3)26-23(35)12-21(13-32-26)28(29,30)20-8-5-4-6-9-20;/h4-6,8-9,12-13,19,22,31H,7,10-11,14-18H2,1-3H3;1H/t19-,22-;/m1./s1.